The zero-order chi connectivity index (χ0) is 13.4. The number of nitrogens with zero attached hydrogens (tertiary/aromatic N) is 1. The number of aromatic nitrogens is 2. The molecule has 0 saturated heterocycles. The Morgan fingerprint density at radius 1 is 1.21 bits per heavy atom. The fourth-order valence-corrected chi connectivity index (χ4v) is 2.16. The first-order valence-corrected chi connectivity index (χ1v) is 5.82. The van der Waals surface area contributed by atoms with Crippen molar-refractivity contribution in [2.24, 2.45) is 0 Å². The number of benzene rings is 1. The van der Waals surface area contributed by atoms with Crippen LogP contribution < -0.4 is 10.9 Å². The number of rotatable bonds is 1. The number of fused-ring (bicyclic) bond motifs is 3. The Morgan fingerprint density at radius 3 is 2.84 bits per heavy atom. The van der Waals surface area contributed by atoms with Crippen LogP contribution in [0, 0.1) is 0 Å². The van der Waals surface area contributed by atoms with Crippen LogP contribution in [-0.2, 0) is 4.79 Å². The molecule has 3 aromatic rings. The van der Waals surface area contributed by atoms with Gasteiger partial charge in [0, 0.05) is 30.4 Å². The third kappa shape index (κ3) is 1.95. The summed E-state index contributed by atoms with van der Waals surface area (Å²) in [5.41, 5.74) is 1.16. The summed E-state index contributed by atoms with van der Waals surface area (Å²) in [5.74, 6) is -0.147. The average molecular weight is 253 g/mol. The molecule has 5 nitrogen and oxygen atoms in total. The van der Waals surface area contributed by atoms with Crippen LogP contribution in [0.5, 0.6) is 0 Å². The van der Waals surface area contributed by atoms with Crippen molar-refractivity contribution >= 4 is 33.3 Å². The zero-order valence-electron chi connectivity index (χ0n) is 10.2. The van der Waals surface area contributed by atoms with Crippen LogP contribution in [0.3, 0.4) is 0 Å². The summed E-state index contributed by atoms with van der Waals surface area (Å²) in [7, 11) is 0. The van der Waals surface area contributed by atoms with Crippen molar-refractivity contribution in [1.29, 1.82) is 0 Å². The maximum absolute atomic E-state index is 11.9. The van der Waals surface area contributed by atoms with Crippen LogP contribution in [0.4, 0.5) is 5.69 Å². The molecule has 19 heavy (non-hydrogen) atoms. The van der Waals surface area contributed by atoms with Gasteiger partial charge in [-0.15, -0.1) is 0 Å². The predicted molar refractivity (Wildman–Crippen MR) is 74.2 cm³/mol. The van der Waals surface area contributed by atoms with Gasteiger partial charge in [-0.1, -0.05) is 6.07 Å². The van der Waals surface area contributed by atoms with Crippen LogP contribution in [0.2, 0.25) is 0 Å². The van der Waals surface area contributed by atoms with E-state index < -0.39 is 0 Å². The zero-order valence-corrected chi connectivity index (χ0v) is 10.2. The average Bonchev–Trinajstić information content (AvgIpc) is 2.38. The molecule has 5 heteroatoms. The monoisotopic (exact) mass is 253 g/mol. The van der Waals surface area contributed by atoms with E-state index in [9.17, 15) is 9.59 Å². The van der Waals surface area contributed by atoms with E-state index in [0.717, 1.165) is 10.8 Å². The number of hydrogen-bond donors (Lipinski definition) is 2. The van der Waals surface area contributed by atoms with Gasteiger partial charge in [0.2, 0.25) is 5.91 Å². The molecule has 0 aliphatic rings. The Bertz CT molecular complexity index is 852. The molecule has 0 fully saturated rings. The standard InChI is InChI=1S/C14H11N3O2/c1-8(18)16-9-2-3-11-10-4-5-15-7-12(10)14(19)17-13(11)6-9/h2-7H,1H3,(H,16,18)(H,17,19). The molecular weight excluding hydrogens is 242 g/mol. The predicted octanol–water partition coefficient (Wildman–Crippen LogP) is 2.03. The van der Waals surface area contributed by atoms with Crippen molar-refractivity contribution in [3.63, 3.8) is 0 Å². The van der Waals surface area contributed by atoms with Crippen LogP contribution >= 0.6 is 0 Å². The minimum Gasteiger partial charge on any atom is -0.326 e. The number of nitrogens with one attached hydrogen (secondary N) is 2. The summed E-state index contributed by atoms with van der Waals surface area (Å²) in [6, 6.07) is 7.24. The van der Waals surface area contributed by atoms with Crippen molar-refractivity contribution in [1.82, 2.24) is 9.97 Å². The van der Waals surface area contributed by atoms with Crippen LogP contribution in [0.1, 0.15) is 6.92 Å². The Morgan fingerprint density at radius 2 is 2.05 bits per heavy atom. The number of aromatic amines is 1. The van der Waals surface area contributed by atoms with E-state index in [1.165, 1.54) is 6.92 Å². The lowest BCUT2D eigenvalue weighted by Crippen LogP contribution is -2.08. The highest BCUT2D eigenvalue weighted by molar-refractivity contribution is 6.06. The van der Waals surface area contributed by atoms with Gasteiger partial charge in [0.25, 0.3) is 5.56 Å². The van der Waals surface area contributed by atoms with Crippen molar-refractivity contribution in [3.05, 3.63) is 47.0 Å². The molecule has 2 heterocycles. The summed E-state index contributed by atoms with van der Waals surface area (Å²) in [6.07, 6.45) is 3.21. The molecule has 2 aromatic heterocycles. The van der Waals surface area contributed by atoms with Crippen LogP contribution in [-0.4, -0.2) is 15.9 Å². The highest BCUT2D eigenvalue weighted by Gasteiger charge is 2.06. The second-order valence-corrected chi connectivity index (χ2v) is 4.32. The molecule has 0 bridgehead atoms. The Balaban J connectivity index is 2.34. The van der Waals surface area contributed by atoms with Crippen LogP contribution in [0.15, 0.2) is 41.5 Å². The number of anilines is 1. The molecule has 94 valence electrons. The molecule has 0 unspecified atom stereocenters. The molecule has 0 aliphatic carbocycles. The minimum absolute atomic E-state index is 0.147. The lowest BCUT2D eigenvalue weighted by atomic mass is 10.1. The lowest BCUT2D eigenvalue weighted by Gasteiger charge is -2.06. The highest BCUT2D eigenvalue weighted by Crippen LogP contribution is 2.23. The first-order chi connectivity index (χ1) is 9.15. The fraction of sp³-hybridized carbons (Fsp3) is 0.0714. The van der Waals surface area contributed by atoms with Gasteiger partial charge < -0.3 is 10.3 Å². The Labute approximate surface area is 108 Å². The third-order valence-corrected chi connectivity index (χ3v) is 2.94. The molecule has 0 saturated carbocycles. The number of pyridine rings is 2. The van der Waals surface area contributed by atoms with Gasteiger partial charge in [-0.3, -0.25) is 14.6 Å². The number of hydrogen-bond acceptors (Lipinski definition) is 3. The summed E-state index contributed by atoms with van der Waals surface area (Å²) >= 11 is 0. The largest absolute Gasteiger partial charge is 0.326 e. The van der Waals surface area contributed by atoms with E-state index in [-0.39, 0.29) is 11.5 Å². The van der Waals surface area contributed by atoms with Crippen molar-refractivity contribution < 1.29 is 4.79 Å². The Hall–Kier alpha value is -2.69. The SMILES string of the molecule is CC(=O)Nc1ccc2c(c1)[nH]c(=O)c1cnccc12. The normalized spacial score (nSPS) is 10.8. The summed E-state index contributed by atoms with van der Waals surface area (Å²) < 4.78 is 0. The quantitative estimate of drug-likeness (QED) is 0.651. The van der Waals surface area contributed by atoms with E-state index >= 15 is 0 Å². The maximum atomic E-state index is 11.9. The van der Waals surface area contributed by atoms with Crippen molar-refractivity contribution in [3.8, 4) is 0 Å². The van der Waals surface area contributed by atoms with Crippen molar-refractivity contribution in [2.75, 3.05) is 5.32 Å². The van der Waals surface area contributed by atoms with E-state index in [2.05, 4.69) is 15.3 Å². The van der Waals surface area contributed by atoms with Gasteiger partial charge in [0.1, 0.15) is 0 Å². The maximum Gasteiger partial charge on any atom is 0.257 e. The van der Waals surface area contributed by atoms with E-state index in [1.807, 2.05) is 18.2 Å². The van der Waals surface area contributed by atoms with Crippen molar-refractivity contribution in [2.45, 2.75) is 6.92 Å². The molecule has 1 aromatic carbocycles. The van der Waals surface area contributed by atoms with E-state index in [1.54, 1.807) is 18.5 Å². The minimum atomic E-state index is -0.185. The molecule has 3 rings (SSSR count). The third-order valence-electron chi connectivity index (χ3n) is 2.94. The van der Waals surface area contributed by atoms with Gasteiger partial charge >= 0.3 is 0 Å². The molecule has 1 amide bonds. The number of H-pyrrole nitrogens is 1. The van der Waals surface area contributed by atoms with Crippen LogP contribution in [0.25, 0.3) is 21.7 Å². The van der Waals surface area contributed by atoms with E-state index in [0.29, 0.717) is 16.6 Å². The van der Waals surface area contributed by atoms with Gasteiger partial charge in [0.15, 0.2) is 0 Å². The molecule has 0 aliphatic heterocycles. The number of amides is 1. The summed E-state index contributed by atoms with van der Waals surface area (Å²) in [5, 5.41) is 5.02. The molecule has 0 atom stereocenters. The molecule has 2 N–H and O–H groups in total. The summed E-state index contributed by atoms with van der Waals surface area (Å²) in [6.45, 7) is 1.44. The Kier molecular flexibility index (Phi) is 2.52. The summed E-state index contributed by atoms with van der Waals surface area (Å²) in [4.78, 5) is 29.7. The number of carbonyl (C=O) groups excluding carboxylic acids is 1. The highest BCUT2D eigenvalue weighted by atomic mass is 16.1. The molecule has 0 radical (unpaired) electrons. The van der Waals surface area contributed by atoms with E-state index in [4.69, 9.17) is 0 Å². The van der Waals surface area contributed by atoms with Gasteiger partial charge in [0.05, 0.1) is 10.9 Å². The fourth-order valence-electron chi connectivity index (χ4n) is 2.16. The van der Waals surface area contributed by atoms with Gasteiger partial charge in [-0.05, 0) is 23.6 Å². The molecular formula is C14H11N3O2. The first kappa shape index (κ1) is 11.4. The second kappa shape index (κ2) is 4.20. The smallest absolute Gasteiger partial charge is 0.257 e. The lowest BCUT2D eigenvalue weighted by molar-refractivity contribution is -0.114. The first-order valence-electron chi connectivity index (χ1n) is 5.82. The van der Waals surface area contributed by atoms with Gasteiger partial charge in [-0.25, -0.2) is 0 Å². The molecule has 0 spiro atoms. The topological polar surface area (TPSA) is 74.8 Å². The second-order valence-electron chi connectivity index (χ2n) is 4.32. The number of carbonyl (C=O) groups is 1. The van der Waals surface area contributed by atoms with Gasteiger partial charge in [-0.2, -0.15) is 0 Å².